The van der Waals surface area contributed by atoms with Gasteiger partial charge < -0.3 is 10.3 Å². The summed E-state index contributed by atoms with van der Waals surface area (Å²) in [4.78, 5) is 25.5. The molecule has 1 amide bonds. The number of likely N-dealkylation sites (N-methyl/N-ethyl adjacent to an activating group) is 1. The van der Waals surface area contributed by atoms with Gasteiger partial charge in [0.2, 0.25) is 15.6 Å². The van der Waals surface area contributed by atoms with E-state index in [1.165, 1.54) is 29.7 Å². The van der Waals surface area contributed by atoms with Gasteiger partial charge in [0.05, 0.1) is 10.5 Å². The number of rotatable bonds is 6. The van der Waals surface area contributed by atoms with E-state index < -0.39 is 10.0 Å². The van der Waals surface area contributed by atoms with E-state index in [1.807, 2.05) is 6.92 Å². The lowest BCUT2D eigenvalue weighted by atomic mass is 10.2. The SMILES string of the molecule is Cc1ccc(S(=O)(=O)N(C)CCNC(=O)c2ccc(=O)[nH]c2)cc1. The molecule has 1 aromatic heterocycles. The van der Waals surface area contributed by atoms with E-state index in [0.717, 1.165) is 5.56 Å². The van der Waals surface area contributed by atoms with E-state index in [1.54, 1.807) is 24.3 Å². The number of hydrogen-bond donors (Lipinski definition) is 2. The first kappa shape index (κ1) is 17.9. The number of pyridine rings is 1. The number of sulfonamides is 1. The number of aryl methyl sites for hydroxylation is 1. The van der Waals surface area contributed by atoms with Crippen molar-refractivity contribution >= 4 is 15.9 Å². The number of aromatic nitrogens is 1. The third kappa shape index (κ3) is 4.30. The standard InChI is InChI=1S/C16H19N3O4S/c1-12-3-6-14(7-4-12)24(22,23)19(2)10-9-17-16(21)13-5-8-15(20)18-11-13/h3-8,11H,9-10H2,1-2H3,(H,17,21)(H,18,20). The summed E-state index contributed by atoms with van der Waals surface area (Å²) in [6.45, 7) is 2.16. The number of hydrogen-bond acceptors (Lipinski definition) is 4. The van der Waals surface area contributed by atoms with Crippen LogP contribution in [0.5, 0.6) is 0 Å². The second-order valence-electron chi connectivity index (χ2n) is 5.34. The van der Waals surface area contributed by atoms with Crippen LogP contribution in [-0.2, 0) is 10.0 Å². The van der Waals surface area contributed by atoms with Gasteiger partial charge in [-0.25, -0.2) is 8.42 Å². The lowest BCUT2D eigenvalue weighted by molar-refractivity contribution is 0.0952. The Bertz CT molecular complexity index is 852. The third-order valence-electron chi connectivity index (χ3n) is 3.49. The van der Waals surface area contributed by atoms with Crippen molar-refractivity contribution in [3.8, 4) is 0 Å². The van der Waals surface area contributed by atoms with Crippen LogP contribution >= 0.6 is 0 Å². The highest BCUT2D eigenvalue weighted by atomic mass is 32.2. The number of carbonyl (C=O) groups excluding carboxylic acids is 1. The average molecular weight is 349 g/mol. The van der Waals surface area contributed by atoms with Crippen LogP contribution in [0.2, 0.25) is 0 Å². The molecule has 8 heteroatoms. The Balaban J connectivity index is 1.93. The summed E-state index contributed by atoms with van der Waals surface area (Å²) >= 11 is 0. The second kappa shape index (κ2) is 7.41. The Morgan fingerprint density at radius 3 is 2.42 bits per heavy atom. The molecule has 1 heterocycles. The van der Waals surface area contributed by atoms with E-state index >= 15 is 0 Å². The Morgan fingerprint density at radius 1 is 1.17 bits per heavy atom. The lowest BCUT2D eigenvalue weighted by Gasteiger charge is -2.17. The van der Waals surface area contributed by atoms with Gasteiger partial charge in [0.25, 0.3) is 5.91 Å². The number of carbonyl (C=O) groups is 1. The van der Waals surface area contributed by atoms with Crippen LogP contribution in [0.3, 0.4) is 0 Å². The highest BCUT2D eigenvalue weighted by Gasteiger charge is 2.20. The smallest absolute Gasteiger partial charge is 0.252 e. The van der Waals surface area contributed by atoms with E-state index in [4.69, 9.17) is 0 Å². The number of aromatic amines is 1. The highest BCUT2D eigenvalue weighted by molar-refractivity contribution is 7.89. The normalized spacial score (nSPS) is 11.5. The van der Waals surface area contributed by atoms with Gasteiger partial charge in [0.1, 0.15) is 0 Å². The molecular formula is C16H19N3O4S. The van der Waals surface area contributed by atoms with E-state index in [2.05, 4.69) is 10.3 Å². The van der Waals surface area contributed by atoms with Gasteiger partial charge >= 0.3 is 0 Å². The van der Waals surface area contributed by atoms with Crippen LogP contribution in [0.25, 0.3) is 0 Å². The summed E-state index contributed by atoms with van der Waals surface area (Å²) in [5.41, 5.74) is 0.985. The number of amides is 1. The molecule has 0 aliphatic rings. The van der Waals surface area contributed by atoms with Crippen LogP contribution in [0.15, 0.2) is 52.3 Å². The number of nitrogens with one attached hydrogen (secondary N) is 2. The Labute approximate surface area is 140 Å². The minimum Gasteiger partial charge on any atom is -0.351 e. The number of H-pyrrole nitrogens is 1. The minimum atomic E-state index is -3.59. The molecule has 2 aromatic rings. The van der Waals surface area contributed by atoms with Crippen molar-refractivity contribution in [3.63, 3.8) is 0 Å². The van der Waals surface area contributed by atoms with Crippen LogP contribution in [0.1, 0.15) is 15.9 Å². The maximum atomic E-state index is 12.4. The first-order chi connectivity index (χ1) is 11.3. The molecule has 1 aromatic carbocycles. The van der Waals surface area contributed by atoms with Crippen molar-refractivity contribution in [3.05, 3.63) is 64.1 Å². The second-order valence-corrected chi connectivity index (χ2v) is 7.38. The molecule has 0 aliphatic carbocycles. The topological polar surface area (TPSA) is 99.3 Å². The molecule has 0 saturated heterocycles. The van der Waals surface area contributed by atoms with Crippen molar-refractivity contribution in [1.82, 2.24) is 14.6 Å². The van der Waals surface area contributed by atoms with Crippen molar-refractivity contribution in [1.29, 1.82) is 0 Å². The Morgan fingerprint density at radius 2 is 1.83 bits per heavy atom. The van der Waals surface area contributed by atoms with Crippen molar-refractivity contribution in [2.75, 3.05) is 20.1 Å². The molecular weight excluding hydrogens is 330 g/mol. The first-order valence-electron chi connectivity index (χ1n) is 7.30. The molecule has 2 rings (SSSR count). The van der Waals surface area contributed by atoms with Gasteiger partial charge in [-0.15, -0.1) is 0 Å². The molecule has 0 saturated carbocycles. The zero-order chi connectivity index (χ0) is 17.7. The predicted molar refractivity (Wildman–Crippen MR) is 90.4 cm³/mol. The van der Waals surface area contributed by atoms with E-state index in [9.17, 15) is 18.0 Å². The van der Waals surface area contributed by atoms with Gasteiger partial charge in [-0.2, -0.15) is 4.31 Å². The van der Waals surface area contributed by atoms with Gasteiger partial charge in [0, 0.05) is 32.4 Å². The third-order valence-corrected chi connectivity index (χ3v) is 5.36. The van der Waals surface area contributed by atoms with E-state index in [0.29, 0.717) is 5.56 Å². The molecule has 0 aliphatic heterocycles. The van der Waals surface area contributed by atoms with Gasteiger partial charge in [-0.3, -0.25) is 9.59 Å². The number of benzene rings is 1. The summed E-state index contributed by atoms with van der Waals surface area (Å²) in [5, 5.41) is 2.61. The van der Waals surface area contributed by atoms with Crippen LogP contribution in [0.4, 0.5) is 0 Å². The molecule has 0 radical (unpaired) electrons. The Kier molecular flexibility index (Phi) is 5.53. The molecule has 0 fully saturated rings. The molecule has 0 spiro atoms. The monoisotopic (exact) mass is 349 g/mol. The van der Waals surface area contributed by atoms with Crippen LogP contribution < -0.4 is 10.9 Å². The van der Waals surface area contributed by atoms with Crippen molar-refractivity contribution in [2.24, 2.45) is 0 Å². The first-order valence-corrected chi connectivity index (χ1v) is 8.74. The average Bonchev–Trinajstić information content (AvgIpc) is 2.55. The molecule has 0 unspecified atom stereocenters. The molecule has 24 heavy (non-hydrogen) atoms. The fourth-order valence-corrected chi connectivity index (χ4v) is 3.16. The quantitative estimate of drug-likeness (QED) is 0.803. The molecule has 0 bridgehead atoms. The highest BCUT2D eigenvalue weighted by Crippen LogP contribution is 2.14. The molecule has 128 valence electrons. The fourth-order valence-electron chi connectivity index (χ4n) is 1.99. The Hall–Kier alpha value is -2.45. The predicted octanol–water partition coefficient (Wildman–Crippen LogP) is 0.734. The van der Waals surface area contributed by atoms with E-state index in [-0.39, 0.29) is 29.5 Å². The van der Waals surface area contributed by atoms with Gasteiger partial charge in [-0.1, -0.05) is 17.7 Å². The minimum absolute atomic E-state index is 0.130. The molecule has 0 atom stereocenters. The fraction of sp³-hybridized carbons (Fsp3) is 0.250. The molecule has 2 N–H and O–H groups in total. The number of nitrogens with zero attached hydrogens (tertiary/aromatic N) is 1. The molecule has 7 nitrogen and oxygen atoms in total. The van der Waals surface area contributed by atoms with Crippen LogP contribution in [0, 0.1) is 6.92 Å². The van der Waals surface area contributed by atoms with Gasteiger partial charge in [0.15, 0.2) is 0 Å². The summed E-state index contributed by atoms with van der Waals surface area (Å²) in [6, 6.07) is 9.24. The summed E-state index contributed by atoms with van der Waals surface area (Å²) in [5.74, 6) is -0.382. The van der Waals surface area contributed by atoms with Crippen molar-refractivity contribution in [2.45, 2.75) is 11.8 Å². The summed E-state index contributed by atoms with van der Waals surface area (Å²) < 4.78 is 26.0. The maximum Gasteiger partial charge on any atom is 0.252 e. The lowest BCUT2D eigenvalue weighted by Crippen LogP contribution is -2.36. The summed E-state index contributed by atoms with van der Waals surface area (Å²) in [6.07, 6.45) is 1.31. The zero-order valence-corrected chi connectivity index (χ0v) is 14.3. The largest absolute Gasteiger partial charge is 0.351 e. The maximum absolute atomic E-state index is 12.4. The van der Waals surface area contributed by atoms with Crippen molar-refractivity contribution < 1.29 is 13.2 Å². The zero-order valence-electron chi connectivity index (χ0n) is 13.4. The summed E-state index contributed by atoms with van der Waals surface area (Å²) in [7, 11) is -2.13. The van der Waals surface area contributed by atoms with Gasteiger partial charge in [-0.05, 0) is 25.1 Å². The van der Waals surface area contributed by atoms with Crippen LogP contribution in [-0.4, -0.2) is 43.8 Å².